The van der Waals surface area contributed by atoms with Crippen LogP contribution in [0.4, 0.5) is 0 Å². The number of nitrogens with zero attached hydrogens (tertiary/aromatic N) is 1. The van der Waals surface area contributed by atoms with Crippen molar-refractivity contribution in [1.29, 1.82) is 0 Å². The molecule has 4 heteroatoms. The summed E-state index contributed by atoms with van der Waals surface area (Å²) in [6.07, 6.45) is 2.62. The first-order valence-corrected chi connectivity index (χ1v) is 4.06. The maximum absolute atomic E-state index is 11.2. The zero-order valence-corrected chi connectivity index (χ0v) is 7.20. The highest BCUT2D eigenvalue weighted by Crippen LogP contribution is 2.26. The topological polar surface area (TPSA) is 59.3 Å². The van der Waals surface area contributed by atoms with Crippen molar-refractivity contribution in [3.05, 3.63) is 23.0 Å². The van der Waals surface area contributed by atoms with Gasteiger partial charge in [0.1, 0.15) is 5.69 Å². The second-order valence-electron chi connectivity index (χ2n) is 3.21. The third-order valence-corrected chi connectivity index (χ3v) is 2.39. The van der Waals surface area contributed by atoms with Crippen LogP contribution in [-0.2, 0) is 13.5 Å². The van der Waals surface area contributed by atoms with E-state index in [2.05, 4.69) is 0 Å². The van der Waals surface area contributed by atoms with Crippen molar-refractivity contribution >= 4 is 11.8 Å². The largest absolute Gasteiger partial charge is 0.477 e. The Labute approximate surface area is 74.8 Å². The number of carboxylic acids is 1. The Morgan fingerprint density at radius 2 is 2.23 bits per heavy atom. The van der Waals surface area contributed by atoms with E-state index >= 15 is 0 Å². The van der Waals surface area contributed by atoms with Crippen LogP contribution in [0, 0.1) is 0 Å². The van der Waals surface area contributed by atoms with Crippen molar-refractivity contribution in [2.75, 3.05) is 0 Å². The van der Waals surface area contributed by atoms with Crippen LogP contribution in [0.1, 0.15) is 32.8 Å². The number of rotatable bonds is 1. The van der Waals surface area contributed by atoms with Crippen LogP contribution in [0.2, 0.25) is 0 Å². The Morgan fingerprint density at radius 3 is 2.85 bits per heavy atom. The molecular weight excluding hydrogens is 170 g/mol. The van der Waals surface area contributed by atoms with Crippen LogP contribution in [0.15, 0.2) is 6.20 Å². The number of aromatic nitrogens is 1. The minimum atomic E-state index is -0.960. The summed E-state index contributed by atoms with van der Waals surface area (Å²) in [4.78, 5) is 22.1. The van der Waals surface area contributed by atoms with E-state index in [4.69, 9.17) is 5.11 Å². The van der Waals surface area contributed by atoms with Gasteiger partial charge < -0.3 is 9.67 Å². The van der Waals surface area contributed by atoms with Gasteiger partial charge in [-0.3, -0.25) is 4.79 Å². The zero-order valence-electron chi connectivity index (χ0n) is 7.20. The van der Waals surface area contributed by atoms with Gasteiger partial charge in [-0.05, 0) is 12.0 Å². The first kappa shape index (κ1) is 8.04. The maximum Gasteiger partial charge on any atom is 0.352 e. The second kappa shape index (κ2) is 2.45. The Balaban J connectivity index is 2.65. The number of ketones is 1. The van der Waals surface area contributed by atoms with E-state index in [1.165, 1.54) is 4.57 Å². The van der Waals surface area contributed by atoms with Crippen molar-refractivity contribution in [3.8, 4) is 0 Å². The van der Waals surface area contributed by atoms with Crippen LogP contribution in [0.3, 0.4) is 0 Å². The van der Waals surface area contributed by atoms with E-state index in [0.29, 0.717) is 24.0 Å². The first-order chi connectivity index (χ1) is 6.11. The summed E-state index contributed by atoms with van der Waals surface area (Å²) in [6.45, 7) is 0. The number of Topliss-reactive ketones (excluding diaryl/α,β-unsaturated/α-hetero) is 1. The molecule has 4 nitrogen and oxygen atoms in total. The fourth-order valence-electron chi connectivity index (χ4n) is 1.82. The molecule has 0 unspecified atom stereocenters. The molecule has 68 valence electrons. The normalized spacial score (nSPS) is 14.7. The molecule has 1 aliphatic carbocycles. The summed E-state index contributed by atoms with van der Waals surface area (Å²) in [5, 5.41) is 8.87. The summed E-state index contributed by atoms with van der Waals surface area (Å²) in [5.74, 6) is -0.906. The van der Waals surface area contributed by atoms with E-state index in [-0.39, 0.29) is 11.5 Å². The van der Waals surface area contributed by atoms with Gasteiger partial charge >= 0.3 is 5.97 Å². The molecule has 0 radical (unpaired) electrons. The van der Waals surface area contributed by atoms with Crippen LogP contribution < -0.4 is 0 Å². The SMILES string of the molecule is Cn1cc2c(c1C(=O)O)CCC2=O. The van der Waals surface area contributed by atoms with Crippen molar-refractivity contribution in [3.63, 3.8) is 0 Å². The van der Waals surface area contributed by atoms with Gasteiger partial charge in [0.05, 0.1) is 0 Å². The van der Waals surface area contributed by atoms with Crippen LogP contribution >= 0.6 is 0 Å². The van der Waals surface area contributed by atoms with E-state index in [0.717, 1.165) is 0 Å². The number of aryl methyl sites for hydroxylation is 1. The average Bonchev–Trinajstić information content (AvgIpc) is 2.51. The number of hydrogen-bond donors (Lipinski definition) is 1. The minimum absolute atomic E-state index is 0.0538. The van der Waals surface area contributed by atoms with Gasteiger partial charge in [0.15, 0.2) is 5.78 Å². The molecule has 0 aliphatic heterocycles. The number of carboxylic acid groups (broad SMARTS) is 1. The standard InChI is InChI=1S/C9H9NO3/c1-10-4-6-5(2-3-7(6)11)8(10)9(12)13/h4H,2-3H2,1H3,(H,12,13). The van der Waals surface area contributed by atoms with Crippen LogP contribution in [-0.4, -0.2) is 21.4 Å². The van der Waals surface area contributed by atoms with Crippen molar-refractivity contribution < 1.29 is 14.7 Å². The third-order valence-electron chi connectivity index (χ3n) is 2.39. The molecule has 0 bridgehead atoms. The van der Waals surface area contributed by atoms with Crippen molar-refractivity contribution in [2.45, 2.75) is 12.8 Å². The van der Waals surface area contributed by atoms with Gasteiger partial charge in [0.2, 0.25) is 0 Å². The quantitative estimate of drug-likeness (QED) is 0.695. The Hall–Kier alpha value is -1.58. The predicted molar refractivity (Wildman–Crippen MR) is 45.0 cm³/mol. The number of hydrogen-bond acceptors (Lipinski definition) is 2. The highest BCUT2D eigenvalue weighted by molar-refractivity contribution is 6.04. The average molecular weight is 179 g/mol. The summed E-state index contributed by atoms with van der Waals surface area (Å²) in [5.41, 5.74) is 1.53. The molecule has 0 saturated carbocycles. The molecule has 0 amide bonds. The molecule has 2 rings (SSSR count). The summed E-state index contributed by atoms with van der Waals surface area (Å²) >= 11 is 0. The predicted octanol–water partition coefficient (Wildman–Crippen LogP) is 0.852. The molecule has 1 N–H and O–H groups in total. The smallest absolute Gasteiger partial charge is 0.352 e. The maximum atomic E-state index is 11.2. The minimum Gasteiger partial charge on any atom is -0.477 e. The lowest BCUT2D eigenvalue weighted by Gasteiger charge is -1.98. The highest BCUT2D eigenvalue weighted by atomic mass is 16.4. The molecule has 1 aromatic heterocycles. The van der Waals surface area contributed by atoms with Gasteiger partial charge in [-0.1, -0.05) is 0 Å². The molecule has 0 spiro atoms. The zero-order chi connectivity index (χ0) is 9.59. The molecule has 1 aliphatic rings. The Kier molecular flexibility index (Phi) is 1.52. The molecule has 0 atom stereocenters. The van der Waals surface area contributed by atoms with E-state index in [1.807, 2.05) is 0 Å². The number of fused-ring (bicyclic) bond motifs is 1. The second-order valence-corrected chi connectivity index (χ2v) is 3.21. The Bertz CT molecular complexity index is 403. The fraction of sp³-hybridized carbons (Fsp3) is 0.333. The molecule has 1 heterocycles. The van der Waals surface area contributed by atoms with Gasteiger partial charge in [0.25, 0.3) is 0 Å². The lowest BCUT2D eigenvalue weighted by Crippen LogP contribution is -2.06. The summed E-state index contributed by atoms with van der Waals surface area (Å²) < 4.78 is 1.50. The first-order valence-electron chi connectivity index (χ1n) is 4.06. The summed E-state index contributed by atoms with van der Waals surface area (Å²) in [6, 6.07) is 0. The highest BCUT2D eigenvalue weighted by Gasteiger charge is 2.28. The molecular formula is C9H9NO3. The van der Waals surface area contributed by atoms with Crippen LogP contribution in [0.5, 0.6) is 0 Å². The van der Waals surface area contributed by atoms with Gasteiger partial charge in [-0.15, -0.1) is 0 Å². The van der Waals surface area contributed by atoms with Crippen molar-refractivity contribution in [1.82, 2.24) is 4.57 Å². The lowest BCUT2D eigenvalue weighted by molar-refractivity contribution is 0.0685. The monoisotopic (exact) mass is 179 g/mol. The molecule has 1 aromatic rings. The van der Waals surface area contributed by atoms with E-state index < -0.39 is 5.97 Å². The fourth-order valence-corrected chi connectivity index (χ4v) is 1.82. The number of carbonyl (C=O) groups is 2. The van der Waals surface area contributed by atoms with Crippen molar-refractivity contribution in [2.24, 2.45) is 7.05 Å². The molecule has 0 fully saturated rings. The molecule has 13 heavy (non-hydrogen) atoms. The lowest BCUT2D eigenvalue weighted by atomic mass is 10.2. The molecule has 0 aromatic carbocycles. The number of aromatic carboxylic acids is 1. The van der Waals surface area contributed by atoms with E-state index in [9.17, 15) is 9.59 Å². The van der Waals surface area contributed by atoms with Gasteiger partial charge in [0, 0.05) is 25.2 Å². The summed E-state index contributed by atoms with van der Waals surface area (Å²) in [7, 11) is 1.65. The van der Waals surface area contributed by atoms with Gasteiger partial charge in [-0.25, -0.2) is 4.79 Å². The Morgan fingerprint density at radius 1 is 1.54 bits per heavy atom. The van der Waals surface area contributed by atoms with Gasteiger partial charge in [-0.2, -0.15) is 0 Å². The van der Waals surface area contributed by atoms with Crippen LogP contribution in [0.25, 0.3) is 0 Å². The third kappa shape index (κ3) is 0.983. The molecule has 0 saturated heterocycles. The van der Waals surface area contributed by atoms with E-state index in [1.54, 1.807) is 13.2 Å². The number of carbonyl (C=O) groups excluding carboxylic acids is 1.